The summed E-state index contributed by atoms with van der Waals surface area (Å²) in [7, 11) is 0. The highest BCUT2D eigenvalue weighted by Gasteiger charge is 2.19. The normalized spacial score (nSPS) is 16.8. The Kier molecular flexibility index (Phi) is 5.16. The van der Waals surface area contributed by atoms with E-state index in [-0.39, 0.29) is 6.10 Å². The quantitative estimate of drug-likeness (QED) is 0.858. The maximum absolute atomic E-state index is 9.62. The third kappa shape index (κ3) is 3.66. The molecule has 5 nitrogen and oxygen atoms in total. The monoisotopic (exact) mass is 352 g/mol. The van der Waals surface area contributed by atoms with Gasteiger partial charge in [0.1, 0.15) is 0 Å². The van der Waals surface area contributed by atoms with Crippen molar-refractivity contribution in [1.82, 2.24) is 19.2 Å². The Balaban J connectivity index is 1.87. The second-order valence-corrected chi connectivity index (χ2v) is 6.65. The van der Waals surface area contributed by atoms with Gasteiger partial charge < -0.3 is 9.67 Å². The van der Waals surface area contributed by atoms with E-state index in [1.54, 1.807) is 0 Å². The van der Waals surface area contributed by atoms with E-state index in [1.807, 2.05) is 33.5 Å². The second kappa shape index (κ2) is 7.13. The largest absolute Gasteiger partial charge is 0.393 e. The summed E-state index contributed by atoms with van der Waals surface area (Å²) in [5.74, 6) is 0.867. The van der Waals surface area contributed by atoms with E-state index >= 15 is 0 Å². The third-order valence-electron chi connectivity index (χ3n) is 4.23. The van der Waals surface area contributed by atoms with Crippen molar-refractivity contribution in [3.63, 3.8) is 0 Å². The van der Waals surface area contributed by atoms with Crippen LogP contribution in [0.15, 0.2) is 24.3 Å². The molecule has 23 heavy (non-hydrogen) atoms. The number of piperidine rings is 1. The molecule has 0 radical (unpaired) electrons. The number of halogens is 1. The Morgan fingerprint density at radius 1 is 1.26 bits per heavy atom. The van der Waals surface area contributed by atoms with Gasteiger partial charge in [-0.25, -0.2) is 4.68 Å². The number of benzene rings is 1. The molecule has 0 unspecified atom stereocenters. The summed E-state index contributed by atoms with van der Waals surface area (Å²) in [6.07, 6.45) is 1.45. The maximum Gasteiger partial charge on any atom is 0.199 e. The molecule has 0 spiro atoms. The fraction of sp³-hybridized carbons (Fsp3) is 0.500. The molecule has 0 atom stereocenters. The van der Waals surface area contributed by atoms with Crippen molar-refractivity contribution < 1.29 is 5.11 Å². The Morgan fingerprint density at radius 2 is 1.91 bits per heavy atom. The lowest BCUT2D eigenvalue weighted by Crippen LogP contribution is -2.37. The van der Waals surface area contributed by atoms with Crippen molar-refractivity contribution in [1.29, 1.82) is 0 Å². The van der Waals surface area contributed by atoms with Crippen LogP contribution < -0.4 is 0 Å². The fourth-order valence-corrected chi connectivity index (χ4v) is 3.32. The van der Waals surface area contributed by atoms with E-state index in [4.69, 9.17) is 28.9 Å². The number of hydrogen-bond donors (Lipinski definition) is 1. The third-order valence-corrected chi connectivity index (χ3v) is 4.92. The predicted molar refractivity (Wildman–Crippen MR) is 94.0 cm³/mol. The van der Waals surface area contributed by atoms with Crippen LogP contribution in [0.4, 0.5) is 0 Å². The summed E-state index contributed by atoms with van der Waals surface area (Å²) >= 11 is 11.6. The lowest BCUT2D eigenvalue weighted by molar-refractivity contribution is 0.0650. The van der Waals surface area contributed by atoms with Gasteiger partial charge >= 0.3 is 0 Å². The van der Waals surface area contributed by atoms with Gasteiger partial charge in [0.2, 0.25) is 0 Å². The van der Waals surface area contributed by atoms with E-state index in [2.05, 4.69) is 11.8 Å². The highest BCUT2D eigenvalue weighted by atomic mass is 35.5. The average molecular weight is 353 g/mol. The summed E-state index contributed by atoms with van der Waals surface area (Å²) in [6, 6.07) is 7.66. The van der Waals surface area contributed by atoms with Crippen LogP contribution in [0.3, 0.4) is 0 Å². The topological polar surface area (TPSA) is 46.2 Å². The second-order valence-electron chi connectivity index (χ2n) is 5.85. The van der Waals surface area contributed by atoms with Crippen molar-refractivity contribution in [3.05, 3.63) is 34.1 Å². The number of hydrogen-bond acceptors (Lipinski definition) is 4. The van der Waals surface area contributed by atoms with Gasteiger partial charge in [-0.3, -0.25) is 4.90 Å². The van der Waals surface area contributed by atoms with Gasteiger partial charge in [-0.2, -0.15) is 5.10 Å². The van der Waals surface area contributed by atoms with Crippen LogP contribution in [0.2, 0.25) is 5.02 Å². The van der Waals surface area contributed by atoms with Crippen molar-refractivity contribution in [2.24, 2.45) is 0 Å². The number of likely N-dealkylation sites (tertiary alicyclic amines) is 1. The van der Waals surface area contributed by atoms with Gasteiger partial charge in [-0.1, -0.05) is 11.6 Å². The molecule has 1 N–H and O–H groups in total. The van der Waals surface area contributed by atoms with Gasteiger partial charge in [0, 0.05) is 30.2 Å². The van der Waals surface area contributed by atoms with Crippen LogP contribution in [-0.2, 0) is 13.2 Å². The Hall–Kier alpha value is -1.21. The van der Waals surface area contributed by atoms with E-state index in [1.165, 1.54) is 0 Å². The molecule has 1 aliphatic rings. The minimum Gasteiger partial charge on any atom is -0.393 e. The molecule has 2 heterocycles. The highest BCUT2D eigenvalue weighted by molar-refractivity contribution is 7.71. The molecule has 0 aliphatic carbocycles. The molecule has 0 bridgehead atoms. The SMILES string of the molecule is CCn1c(-c2ccc(Cl)cc2)nn(CN2CCC(O)CC2)c1=S. The predicted octanol–water partition coefficient (Wildman–Crippen LogP) is 3.17. The number of rotatable bonds is 4. The summed E-state index contributed by atoms with van der Waals surface area (Å²) in [6.45, 7) is 5.25. The molecule has 124 valence electrons. The van der Waals surface area contributed by atoms with Gasteiger partial charge in [-0.15, -0.1) is 0 Å². The first-order valence-corrected chi connectivity index (χ1v) is 8.71. The molecule has 2 aromatic rings. The van der Waals surface area contributed by atoms with Crippen molar-refractivity contribution in [2.45, 2.75) is 39.1 Å². The smallest absolute Gasteiger partial charge is 0.199 e. The highest BCUT2D eigenvalue weighted by Crippen LogP contribution is 2.21. The van der Waals surface area contributed by atoms with Gasteiger partial charge in [0.25, 0.3) is 0 Å². The minimum absolute atomic E-state index is 0.169. The fourth-order valence-electron chi connectivity index (χ4n) is 2.88. The molecular weight excluding hydrogens is 332 g/mol. The number of aliphatic hydroxyl groups is 1. The lowest BCUT2D eigenvalue weighted by atomic mass is 10.1. The Labute approximate surface area is 146 Å². The minimum atomic E-state index is -0.169. The van der Waals surface area contributed by atoms with Gasteiger partial charge in [0.05, 0.1) is 12.8 Å². The molecular formula is C16H21ClN4OS. The lowest BCUT2D eigenvalue weighted by Gasteiger charge is -2.28. The number of aliphatic hydroxyl groups excluding tert-OH is 1. The zero-order chi connectivity index (χ0) is 16.4. The van der Waals surface area contributed by atoms with Crippen LogP contribution in [0.25, 0.3) is 11.4 Å². The molecule has 1 fully saturated rings. The van der Waals surface area contributed by atoms with Crippen molar-refractivity contribution in [3.8, 4) is 11.4 Å². The van der Waals surface area contributed by atoms with Gasteiger partial charge in [0.15, 0.2) is 10.6 Å². The van der Waals surface area contributed by atoms with Gasteiger partial charge in [-0.05, 0) is 56.2 Å². The first kappa shape index (κ1) is 16.6. The standard InChI is InChI=1S/C16H21ClN4OS/c1-2-20-15(12-3-5-13(17)6-4-12)18-21(16(20)23)11-19-9-7-14(22)8-10-19/h3-6,14,22H,2,7-11H2,1H3. The van der Waals surface area contributed by atoms with Crippen molar-refractivity contribution in [2.75, 3.05) is 13.1 Å². The molecule has 0 saturated carbocycles. The van der Waals surface area contributed by atoms with Crippen LogP contribution in [0.1, 0.15) is 19.8 Å². The molecule has 1 aromatic carbocycles. The molecule has 1 aliphatic heterocycles. The zero-order valence-electron chi connectivity index (χ0n) is 13.2. The van der Waals surface area contributed by atoms with E-state index in [9.17, 15) is 5.11 Å². The molecule has 7 heteroatoms. The van der Waals surface area contributed by atoms with Crippen molar-refractivity contribution >= 4 is 23.8 Å². The van der Waals surface area contributed by atoms with Crippen LogP contribution in [0, 0.1) is 4.77 Å². The van der Waals surface area contributed by atoms with Crippen LogP contribution in [0.5, 0.6) is 0 Å². The summed E-state index contributed by atoms with van der Waals surface area (Å²) in [5.41, 5.74) is 1.01. The van der Waals surface area contributed by atoms with E-state index in [0.29, 0.717) is 11.7 Å². The molecule has 0 amide bonds. The average Bonchev–Trinajstić information content (AvgIpc) is 2.86. The Morgan fingerprint density at radius 3 is 2.52 bits per heavy atom. The first-order chi connectivity index (χ1) is 11.1. The van der Waals surface area contributed by atoms with E-state index in [0.717, 1.165) is 48.6 Å². The first-order valence-electron chi connectivity index (χ1n) is 7.92. The molecule has 3 rings (SSSR count). The Bertz CT molecular complexity index is 717. The summed E-state index contributed by atoms with van der Waals surface area (Å²) in [4.78, 5) is 2.28. The molecule has 1 saturated heterocycles. The molecule has 1 aromatic heterocycles. The maximum atomic E-state index is 9.62. The summed E-state index contributed by atoms with van der Waals surface area (Å²) in [5, 5.41) is 15.1. The zero-order valence-corrected chi connectivity index (χ0v) is 14.7. The summed E-state index contributed by atoms with van der Waals surface area (Å²) < 4.78 is 4.64. The van der Waals surface area contributed by atoms with Crippen LogP contribution >= 0.6 is 23.8 Å². The van der Waals surface area contributed by atoms with E-state index < -0.39 is 0 Å². The number of aromatic nitrogens is 3. The van der Waals surface area contributed by atoms with Crippen LogP contribution in [-0.4, -0.2) is 43.5 Å². The number of nitrogens with zero attached hydrogens (tertiary/aromatic N) is 4.